The number of carbonyl (C=O) groups is 2. The third-order valence-electron chi connectivity index (χ3n) is 6.11. The molecular formula is C27H23N3O5. The van der Waals surface area contributed by atoms with Crippen LogP contribution < -0.4 is 5.56 Å². The van der Waals surface area contributed by atoms with Crippen molar-refractivity contribution < 1.29 is 19.1 Å². The van der Waals surface area contributed by atoms with Gasteiger partial charge in [0.25, 0.3) is 5.56 Å². The van der Waals surface area contributed by atoms with E-state index in [1.807, 2.05) is 55.5 Å². The molecule has 2 aromatic carbocycles. The van der Waals surface area contributed by atoms with Crippen LogP contribution in [0.5, 0.6) is 0 Å². The molecule has 0 radical (unpaired) electrons. The van der Waals surface area contributed by atoms with E-state index < -0.39 is 17.9 Å². The summed E-state index contributed by atoms with van der Waals surface area (Å²) in [5.41, 5.74) is 3.87. The summed E-state index contributed by atoms with van der Waals surface area (Å²) in [6.45, 7) is 1.99. The predicted molar refractivity (Wildman–Crippen MR) is 131 cm³/mol. The van der Waals surface area contributed by atoms with Crippen molar-refractivity contribution in [2.45, 2.75) is 32.2 Å². The van der Waals surface area contributed by atoms with E-state index in [9.17, 15) is 14.4 Å². The number of hydrogen-bond donors (Lipinski definition) is 2. The number of hydrogen-bond acceptors (Lipinski definition) is 5. The van der Waals surface area contributed by atoms with E-state index in [1.54, 1.807) is 12.1 Å². The molecule has 1 amide bonds. The summed E-state index contributed by atoms with van der Waals surface area (Å²) in [6.07, 6.45) is 1.25. The summed E-state index contributed by atoms with van der Waals surface area (Å²) in [7, 11) is 0. The Balaban J connectivity index is 1.70. The number of amides is 1. The Labute approximate surface area is 200 Å². The van der Waals surface area contributed by atoms with E-state index in [0.717, 1.165) is 22.1 Å². The van der Waals surface area contributed by atoms with Crippen molar-refractivity contribution in [3.05, 3.63) is 94.2 Å². The van der Waals surface area contributed by atoms with Gasteiger partial charge in [0, 0.05) is 29.3 Å². The number of nitrogens with zero attached hydrogens (tertiary/aromatic N) is 2. The lowest BCUT2D eigenvalue weighted by Crippen LogP contribution is -2.27. The highest BCUT2D eigenvalue weighted by Gasteiger charge is 2.36. The van der Waals surface area contributed by atoms with E-state index in [4.69, 9.17) is 9.52 Å². The van der Waals surface area contributed by atoms with E-state index >= 15 is 0 Å². The van der Waals surface area contributed by atoms with Crippen LogP contribution in [0, 0.1) is 6.92 Å². The number of H-pyrrole nitrogens is 1. The zero-order valence-electron chi connectivity index (χ0n) is 19.0. The molecule has 4 aromatic rings. The first-order valence-electron chi connectivity index (χ1n) is 11.3. The Kier molecular flexibility index (Phi) is 5.78. The lowest BCUT2D eigenvalue weighted by atomic mass is 9.91. The molecule has 0 bridgehead atoms. The summed E-state index contributed by atoms with van der Waals surface area (Å²) in [6, 6.07) is 18.3. The van der Waals surface area contributed by atoms with Gasteiger partial charge in [-0.25, -0.2) is 5.01 Å². The average Bonchev–Trinajstić information content (AvgIpc) is 3.53. The van der Waals surface area contributed by atoms with Gasteiger partial charge in [0.05, 0.1) is 24.0 Å². The van der Waals surface area contributed by atoms with Gasteiger partial charge in [-0.3, -0.25) is 14.4 Å². The highest BCUT2D eigenvalue weighted by Crippen LogP contribution is 2.37. The number of nitrogens with one attached hydrogen (secondary N) is 1. The number of carbonyl (C=O) groups excluding carboxylic acids is 1. The van der Waals surface area contributed by atoms with E-state index in [0.29, 0.717) is 22.6 Å². The molecule has 8 heteroatoms. The molecular weight excluding hydrogens is 446 g/mol. The van der Waals surface area contributed by atoms with Crippen molar-refractivity contribution in [3.63, 3.8) is 0 Å². The zero-order chi connectivity index (χ0) is 24.5. The van der Waals surface area contributed by atoms with Gasteiger partial charge in [-0.15, -0.1) is 0 Å². The van der Waals surface area contributed by atoms with Crippen molar-refractivity contribution in [2.24, 2.45) is 5.10 Å². The standard InChI is InChI=1S/C27H23N3O5/c1-16-9-10-19-18(14-16)25(17-6-3-2-4-7-17)26(27(34)28-19)20-15-21(22-8-5-13-35-22)30(29-20)23(31)11-12-24(32)33/h2-10,13-14,21H,11-12,15H2,1H3,(H,28,34)(H,32,33)/t21-/m0/s1. The normalized spacial score (nSPS) is 15.4. The number of aromatic amines is 1. The molecule has 1 atom stereocenters. The van der Waals surface area contributed by atoms with Crippen molar-refractivity contribution >= 4 is 28.5 Å². The number of furan rings is 1. The molecule has 8 nitrogen and oxygen atoms in total. The average molecular weight is 469 g/mol. The van der Waals surface area contributed by atoms with Crippen LogP contribution in [-0.4, -0.2) is 32.7 Å². The number of aryl methyl sites for hydroxylation is 1. The molecule has 176 valence electrons. The Morgan fingerprint density at radius 3 is 2.60 bits per heavy atom. The SMILES string of the molecule is Cc1ccc2[nH]c(=O)c(C3=NN(C(=O)CCC(=O)O)[C@H](c4ccco4)C3)c(-c3ccccc3)c2c1. The monoisotopic (exact) mass is 469 g/mol. The predicted octanol–water partition coefficient (Wildman–Crippen LogP) is 4.64. The molecule has 0 saturated carbocycles. The number of hydrazone groups is 1. The fraction of sp³-hybridized carbons (Fsp3) is 0.185. The van der Waals surface area contributed by atoms with E-state index in [-0.39, 0.29) is 24.8 Å². The van der Waals surface area contributed by atoms with Crippen LogP contribution >= 0.6 is 0 Å². The first kappa shape index (κ1) is 22.3. The van der Waals surface area contributed by atoms with Gasteiger partial charge in [-0.05, 0) is 36.8 Å². The van der Waals surface area contributed by atoms with Crippen LogP contribution in [0.25, 0.3) is 22.0 Å². The fourth-order valence-corrected chi connectivity index (χ4v) is 4.51. The van der Waals surface area contributed by atoms with Gasteiger partial charge in [0.1, 0.15) is 11.8 Å². The molecule has 35 heavy (non-hydrogen) atoms. The molecule has 0 fully saturated rings. The topological polar surface area (TPSA) is 116 Å². The number of pyridine rings is 1. The Bertz CT molecular complexity index is 1500. The minimum absolute atomic E-state index is 0.206. The number of rotatable bonds is 6. The largest absolute Gasteiger partial charge is 0.481 e. The minimum atomic E-state index is -1.07. The zero-order valence-corrected chi connectivity index (χ0v) is 19.0. The molecule has 5 rings (SSSR count). The summed E-state index contributed by atoms with van der Waals surface area (Å²) >= 11 is 0. The van der Waals surface area contributed by atoms with Gasteiger partial charge in [0.15, 0.2) is 0 Å². The first-order chi connectivity index (χ1) is 16.9. The summed E-state index contributed by atoms with van der Waals surface area (Å²) in [5.74, 6) is -0.996. The van der Waals surface area contributed by atoms with Gasteiger partial charge >= 0.3 is 5.97 Å². The van der Waals surface area contributed by atoms with E-state index in [1.165, 1.54) is 11.3 Å². The van der Waals surface area contributed by atoms with Crippen LogP contribution in [0.15, 0.2) is 81.2 Å². The maximum Gasteiger partial charge on any atom is 0.303 e. The van der Waals surface area contributed by atoms with Crippen molar-refractivity contribution in [1.82, 2.24) is 9.99 Å². The first-order valence-corrected chi connectivity index (χ1v) is 11.3. The summed E-state index contributed by atoms with van der Waals surface area (Å²) < 4.78 is 5.57. The fourth-order valence-electron chi connectivity index (χ4n) is 4.51. The summed E-state index contributed by atoms with van der Waals surface area (Å²) in [4.78, 5) is 40.4. The molecule has 0 spiro atoms. The second-order valence-corrected chi connectivity index (χ2v) is 8.53. The van der Waals surface area contributed by atoms with Crippen molar-refractivity contribution in [3.8, 4) is 11.1 Å². The quantitative estimate of drug-likeness (QED) is 0.427. The molecule has 0 saturated heterocycles. The molecule has 1 aliphatic heterocycles. The van der Waals surface area contributed by atoms with Crippen LogP contribution in [0.4, 0.5) is 0 Å². The maximum atomic E-state index is 13.4. The highest BCUT2D eigenvalue weighted by molar-refractivity contribution is 6.13. The van der Waals surface area contributed by atoms with E-state index in [2.05, 4.69) is 10.1 Å². The van der Waals surface area contributed by atoms with Crippen LogP contribution in [0.3, 0.4) is 0 Å². The summed E-state index contributed by atoms with van der Waals surface area (Å²) in [5, 5.41) is 15.7. The third-order valence-corrected chi connectivity index (χ3v) is 6.11. The molecule has 0 unspecified atom stereocenters. The van der Waals surface area contributed by atoms with Gasteiger partial charge in [-0.1, -0.05) is 42.0 Å². The number of carboxylic acids is 1. The number of carboxylic acid groups (broad SMARTS) is 1. The molecule has 2 N–H and O–H groups in total. The van der Waals surface area contributed by atoms with Gasteiger partial charge in [0.2, 0.25) is 5.91 Å². The highest BCUT2D eigenvalue weighted by atomic mass is 16.4. The Hall–Kier alpha value is -4.46. The molecule has 2 aromatic heterocycles. The van der Waals surface area contributed by atoms with Crippen molar-refractivity contribution in [1.29, 1.82) is 0 Å². The molecule has 0 aliphatic carbocycles. The van der Waals surface area contributed by atoms with Crippen LogP contribution in [0.2, 0.25) is 0 Å². The number of fused-ring (bicyclic) bond motifs is 1. The lowest BCUT2D eigenvalue weighted by molar-refractivity contribution is -0.141. The van der Waals surface area contributed by atoms with Crippen LogP contribution in [0.1, 0.15) is 42.2 Å². The second-order valence-electron chi connectivity index (χ2n) is 8.53. The minimum Gasteiger partial charge on any atom is -0.481 e. The number of benzene rings is 2. The molecule has 3 heterocycles. The van der Waals surface area contributed by atoms with Crippen LogP contribution in [-0.2, 0) is 9.59 Å². The van der Waals surface area contributed by atoms with Gasteiger partial charge < -0.3 is 14.5 Å². The third kappa shape index (κ3) is 4.26. The molecule has 1 aliphatic rings. The lowest BCUT2D eigenvalue weighted by Gasteiger charge is -2.19. The number of aliphatic carboxylic acids is 1. The Morgan fingerprint density at radius 1 is 1.09 bits per heavy atom. The second kappa shape index (κ2) is 9.06. The maximum absolute atomic E-state index is 13.4. The van der Waals surface area contributed by atoms with Gasteiger partial charge in [-0.2, -0.15) is 5.10 Å². The smallest absolute Gasteiger partial charge is 0.303 e. The number of aromatic nitrogens is 1. The Morgan fingerprint density at radius 2 is 1.89 bits per heavy atom. The van der Waals surface area contributed by atoms with Crippen molar-refractivity contribution in [2.75, 3.05) is 0 Å².